The molecule has 1 heterocycles. The smallest absolute Gasteiger partial charge is 0.344 e. The van der Waals surface area contributed by atoms with Crippen molar-refractivity contribution in [2.75, 3.05) is 11.9 Å². The van der Waals surface area contributed by atoms with Gasteiger partial charge in [-0.05, 0) is 56.2 Å². The molecule has 30 heavy (non-hydrogen) atoms. The second-order valence-electron chi connectivity index (χ2n) is 6.85. The fraction of sp³-hybridized carbons (Fsp3) is 0.208. The van der Waals surface area contributed by atoms with Gasteiger partial charge in [-0.1, -0.05) is 36.4 Å². The molecule has 2 aromatic carbocycles. The van der Waals surface area contributed by atoms with Crippen LogP contribution in [-0.2, 0) is 9.53 Å². The van der Waals surface area contributed by atoms with Crippen molar-refractivity contribution in [3.05, 3.63) is 89.1 Å². The van der Waals surface area contributed by atoms with Gasteiger partial charge in [-0.2, -0.15) is 0 Å². The third-order valence-electron chi connectivity index (χ3n) is 4.33. The number of anilines is 1. The van der Waals surface area contributed by atoms with Crippen LogP contribution in [0.2, 0.25) is 0 Å². The van der Waals surface area contributed by atoms with Crippen LogP contribution in [0.3, 0.4) is 0 Å². The zero-order valence-electron chi connectivity index (χ0n) is 17.2. The number of hydrogen-bond donors (Lipinski definition) is 1. The van der Waals surface area contributed by atoms with Crippen LogP contribution in [0.25, 0.3) is 0 Å². The van der Waals surface area contributed by atoms with Gasteiger partial charge in [0.1, 0.15) is 5.56 Å². The Morgan fingerprint density at radius 3 is 2.37 bits per heavy atom. The highest BCUT2D eigenvalue weighted by Gasteiger charge is 2.27. The van der Waals surface area contributed by atoms with Crippen LogP contribution in [0.4, 0.5) is 5.69 Å². The van der Waals surface area contributed by atoms with Gasteiger partial charge in [-0.3, -0.25) is 4.79 Å². The van der Waals surface area contributed by atoms with Gasteiger partial charge in [0.2, 0.25) is 12.0 Å². The number of esters is 1. The molecule has 1 N–H and O–H groups in total. The minimum atomic E-state index is -1.13. The van der Waals surface area contributed by atoms with Crippen LogP contribution in [0.5, 0.6) is 5.88 Å². The summed E-state index contributed by atoms with van der Waals surface area (Å²) in [5, 5.41) is 2.86. The highest BCUT2D eigenvalue weighted by atomic mass is 16.6. The number of nitrogens with zero attached hydrogens (tertiary/aromatic N) is 1. The summed E-state index contributed by atoms with van der Waals surface area (Å²) in [6, 6.07) is 17.8. The molecule has 0 fully saturated rings. The number of nitrogens with one attached hydrogen (secondary N) is 1. The van der Waals surface area contributed by atoms with Crippen LogP contribution in [0, 0.1) is 13.8 Å². The molecular weight excluding hydrogens is 380 g/mol. The molecule has 0 radical (unpaired) electrons. The highest BCUT2D eigenvalue weighted by molar-refractivity contribution is 5.98. The Morgan fingerprint density at radius 1 is 1.00 bits per heavy atom. The molecule has 0 aliphatic rings. The molecule has 0 bridgehead atoms. The summed E-state index contributed by atoms with van der Waals surface area (Å²) in [5.74, 6) is -0.955. The van der Waals surface area contributed by atoms with E-state index in [0.717, 1.165) is 11.1 Å². The van der Waals surface area contributed by atoms with Gasteiger partial charge in [-0.25, -0.2) is 9.78 Å². The number of pyridine rings is 1. The first-order chi connectivity index (χ1) is 14.5. The fourth-order valence-electron chi connectivity index (χ4n) is 3.12. The minimum absolute atomic E-state index is 0.166. The first-order valence-electron chi connectivity index (χ1n) is 9.71. The Kier molecular flexibility index (Phi) is 6.80. The van der Waals surface area contributed by atoms with E-state index in [2.05, 4.69) is 10.3 Å². The van der Waals surface area contributed by atoms with E-state index in [1.54, 1.807) is 43.3 Å². The van der Waals surface area contributed by atoms with Crippen molar-refractivity contribution in [3.63, 3.8) is 0 Å². The van der Waals surface area contributed by atoms with E-state index >= 15 is 0 Å². The van der Waals surface area contributed by atoms with E-state index in [-0.39, 0.29) is 11.4 Å². The highest BCUT2D eigenvalue weighted by Crippen LogP contribution is 2.24. The lowest BCUT2D eigenvalue weighted by Gasteiger charge is -2.19. The maximum absolute atomic E-state index is 13.1. The molecule has 0 spiro atoms. The molecule has 1 amide bonds. The molecule has 3 aromatic rings. The summed E-state index contributed by atoms with van der Waals surface area (Å²) in [4.78, 5) is 30.0. The van der Waals surface area contributed by atoms with Crippen molar-refractivity contribution in [1.82, 2.24) is 4.98 Å². The number of carbonyl (C=O) groups is 2. The SMILES string of the molecule is CCOc1ncccc1C(=O)O[C@@H](C(=O)Nc1cc(C)cc(C)c1)c1ccccc1. The molecule has 0 saturated carbocycles. The Balaban J connectivity index is 1.88. The number of ether oxygens (including phenoxy) is 2. The average molecular weight is 404 g/mol. The Labute approximate surface area is 175 Å². The Hall–Kier alpha value is -3.67. The van der Waals surface area contributed by atoms with Crippen LogP contribution in [-0.4, -0.2) is 23.5 Å². The van der Waals surface area contributed by atoms with Crippen molar-refractivity contribution < 1.29 is 19.1 Å². The average Bonchev–Trinajstić information content (AvgIpc) is 2.72. The Bertz CT molecular complexity index is 1010. The van der Waals surface area contributed by atoms with Crippen LogP contribution in [0.15, 0.2) is 66.9 Å². The van der Waals surface area contributed by atoms with Crippen LogP contribution < -0.4 is 10.1 Å². The third kappa shape index (κ3) is 5.23. The second-order valence-corrected chi connectivity index (χ2v) is 6.85. The second kappa shape index (κ2) is 9.69. The predicted molar refractivity (Wildman–Crippen MR) is 115 cm³/mol. The molecule has 0 aliphatic carbocycles. The number of aryl methyl sites for hydroxylation is 2. The molecular formula is C24H24N2O4. The summed E-state index contributed by atoms with van der Waals surface area (Å²) >= 11 is 0. The summed E-state index contributed by atoms with van der Waals surface area (Å²) in [6.45, 7) is 6.06. The van der Waals surface area contributed by atoms with Crippen molar-refractivity contribution >= 4 is 17.6 Å². The maximum Gasteiger partial charge on any atom is 0.344 e. The van der Waals surface area contributed by atoms with E-state index in [9.17, 15) is 9.59 Å². The van der Waals surface area contributed by atoms with Gasteiger partial charge < -0.3 is 14.8 Å². The van der Waals surface area contributed by atoms with Crippen molar-refractivity contribution in [2.45, 2.75) is 26.9 Å². The molecule has 0 aliphatic heterocycles. The van der Waals surface area contributed by atoms with Gasteiger partial charge in [0.05, 0.1) is 6.61 Å². The van der Waals surface area contributed by atoms with Crippen LogP contribution in [0.1, 0.15) is 40.1 Å². The normalized spacial score (nSPS) is 11.4. The van der Waals surface area contributed by atoms with E-state index in [1.165, 1.54) is 6.20 Å². The number of benzene rings is 2. The number of hydrogen-bond acceptors (Lipinski definition) is 5. The zero-order chi connectivity index (χ0) is 21.5. The van der Waals surface area contributed by atoms with E-state index in [1.807, 2.05) is 38.1 Å². The molecule has 6 nitrogen and oxygen atoms in total. The summed E-state index contributed by atoms with van der Waals surface area (Å²) in [5.41, 5.74) is 3.42. The van der Waals surface area contributed by atoms with Crippen LogP contribution >= 0.6 is 0 Å². The number of rotatable bonds is 7. The largest absolute Gasteiger partial charge is 0.477 e. The molecule has 1 aromatic heterocycles. The van der Waals surface area contributed by atoms with E-state index in [0.29, 0.717) is 17.9 Å². The quantitative estimate of drug-likeness (QED) is 0.581. The number of carbonyl (C=O) groups excluding carboxylic acids is 2. The predicted octanol–water partition coefficient (Wildman–Crippen LogP) is 4.63. The Morgan fingerprint density at radius 2 is 1.70 bits per heavy atom. The first-order valence-corrected chi connectivity index (χ1v) is 9.71. The first kappa shape index (κ1) is 21.0. The summed E-state index contributed by atoms with van der Waals surface area (Å²) in [7, 11) is 0. The van der Waals surface area contributed by atoms with Gasteiger partial charge in [-0.15, -0.1) is 0 Å². The standard InChI is InChI=1S/C24H24N2O4/c1-4-29-23-20(11-8-12-25-23)24(28)30-21(18-9-6-5-7-10-18)22(27)26-19-14-16(2)13-17(3)15-19/h5-15,21H,4H2,1-3H3,(H,26,27)/t21-/m1/s1. The molecule has 0 saturated heterocycles. The zero-order valence-corrected chi connectivity index (χ0v) is 17.2. The van der Waals surface area contributed by atoms with Crippen molar-refractivity contribution in [1.29, 1.82) is 0 Å². The number of aromatic nitrogens is 1. The monoisotopic (exact) mass is 404 g/mol. The van der Waals surface area contributed by atoms with Gasteiger partial charge in [0.15, 0.2) is 0 Å². The molecule has 0 unspecified atom stereocenters. The van der Waals surface area contributed by atoms with E-state index in [4.69, 9.17) is 9.47 Å². The van der Waals surface area contributed by atoms with Gasteiger partial charge in [0.25, 0.3) is 5.91 Å². The van der Waals surface area contributed by atoms with Crippen molar-refractivity contribution in [2.24, 2.45) is 0 Å². The minimum Gasteiger partial charge on any atom is -0.477 e. The lowest BCUT2D eigenvalue weighted by Crippen LogP contribution is -2.26. The topological polar surface area (TPSA) is 77.5 Å². The lowest BCUT2D eigenvalue weighted by atomic mass is 10.1. The number of amides is 1. The molecule has 1 atom stereocenters. The summed E-state index contributed by atoms with van der Waals surface area (Å²) < 4.78 is 11.0. The molecule has 6 heteroatoms. The fourth-order valence-corrected chi connectivity index (χ4v) is 3.12. The van der Waals surface area contributed by atoms with Gasteiger partial charge >= 0.3 is 5.97 Å². The van der Waals surface area contributed by atoms with E-state index < -0.39 is 18.0 Å². The summed E-state index contributed by atoms with van der Waals surface area (Å²) in [6.07, 6.45) is 0.401. The lowest BCUT2D eigenvalue weighted by molar-refractivity contribution is -0.125. The molecule has 154 valence electrons. The van der Waals surface area contributed by atoms with Crippen molar-refractivity contribution in [3.8, 4) is 5.88 Å². The molecule has 3 rings (SSSR count). The van der Waals surface area contributed by atoms with Gasteiger partial charge in [0, 0.05) is 17.4 Å². The third-order valence-corrected chi connectivity index (χ3v) is 4.33. The maximum atomic E-state index is 13.1.